The summed E-state index contributed by atoms with van der Waals surface area (Å²) in [6, 6.07) is 7.97. The van der Waals surface area contributed by atoms with E-state index in [9.17, 15) is 0 Å². The first-order valence-electron chi connectivity index (χ1n) is 5.34. The van der Waals surface area contributed by atoms with Gasteiger partial charge in [-0.2, -0.15) is 5.26 Å². The molecule has 1 unspecified atom stereocenters. The molecule has 1 N–H and O–H groups in total. The summed E-state index contributed by atoms with van der Waals surface area (Å²) >= 11 is 5.85. The molecule has 1 aliphatic rings. The highest BCUT2D eigenvalue weighted by Crippen LogP contribution is 2.22. The van der Waals surface area contributed by atoms with Gasteiger partial charge in [0.1, 0.15) is 6.07 Å². The molecule has 1 heterocycles. The molecular formula is C12H14ClN3. The van der Waals surface area contributed by atoms with Crippen LogP contribution in [0.4, 0.5) is 5.69 Å². The van der Waals surface area contributed by atoms with Gasteiger partial charge in [-0.25, -0.2) is 0 Å². The van der Waals surface area contributed by atoms with Gasteiger partial charge in [0.05, 0.1) is 11.3 Å². The average Bonchev–Trinajstić information content (AvgIpc) is 2.67. The van der Waals surface area contributed by atoms with Gasteiger partial charge in [0, 0.05) is 17.6 Å². The molecule has 0 amide bonds. The first kappa shape index (κ1) is 11.3. The highest BCUT2D eigenvalue weighted by atomic mass is 35.5. The van der Waals surface area contributed by atoms with Crippen molar-refractivity contribution in [2.75, 3.05) is 25.5 Å². The molecule has 0 bridgehead atoms. The van der Waals surface area contributed by atoms with E-state index in [4.69, 9.17) is 16.9 Å². The Morgan fingerprint density at radius 2 is 2.38 bits per heavy atom. The molecule has 1 fully saturated rings. The summed E-state index contributed by atoms with van der Waals surface area (Å²) in [6.45, 7) is 2.13. The van der Waals surface area contributed by atoms with E-state index in [0.717, 1.165) is 25.2 Å². The van der Waals surface area contributed by atoms with Gasteiger partial charge >= 0.3 is 0 Å². The van der Waals surface area contributed by atoms with Crippen molar-refractivity contribution < 1.29 is 0 Å². The first-order chi connectivity index (χ1) is 7.69. The fraction of sp³-hybridized carbons (Fsp3) is 0.417. The first-order valence-corrected chi connectivity index (χ1v) is 5.71. The zero-order chi connectivity index (χ0) is 11.5. The third-order valence-corrected chi connectivity index (χ3v) is 3.09. The van der Waals surface area contributed by atoms with Gasteiger partial charge in [-0.15, -0.1) is 0 Å². The molecule has 1 aromatic rings. The molecule has 1 aromatic carbocycles. The number of nitrogens with one attached hydrogen (secondary N) is 1. The molecule has 0 aliphatic carbocycles. The Hall–Kier alpha value is -1.24. The Labute approximate surface area is 101 Å². The monoisotopic (exact) mass is 235 g/mol. The topological polar surface area (TPSA) is 39.1 Å². The Balaban J connectivity index is 2.12. The van der Waals surface area contributed by atoms with Gasteiger partial charge < -0.3 is 10.2 Å². The van der Waals surface area contributed by atoms with Crippen LogP contribution < -0.4 is 5.32 Å². The molecule has 0 radical (unpaired) electrons. The Morgan fingerprint density at radius 1 is 1.56 bits per heavy atom. The molecule has 1 atom stereocenters. The summed E-state index contributed by atoms with van der Waals surface area (Å²) in [4.78, 5) is 2.28. The van der Waals surface area contributed by atoms with Crippen molar-refractivity contribution in [1.29, 1.82) is 5.26 Å². The summed E-state index contributed by atoms with van der Waals surface area (Å²) in [6.07, 6.45) is 1.12. The minimum absolute atomic E-state index is 0.429. The molecule has 0 aromatic heterocycles. The van der Waals surface area contributed by atoms with Crippen LogP contribution in [0.1, 0.15) is 12.0 Å². The van der Waals surface area contributed by atoms with Crippen molar-refractivity contribution in [3.8, 4) is 6.07 Å². The number of nitriles is 1. The number of hydrogen-bond donors (Lipinski definition) is 1. The lowest BCUT2D eigenvalue weighted by molar-refractivity contribution is 0.414. The molecule has 4 heteroatoms. The Morgan fingerprint density at radius 3 is 3.00 bits per heavy atom. The summed E-state index contributed by atoms with van der Waals surface area (Å²) in [5, 5.41) is 13.0. The quantitative estimate of drug-likeness (QED) is 0.855. The van der Waals surface area contributed by atoms with Crippen LogP contribution in [0.3, 0.4) is 0 Å². The maximum atomic E-state index is 9.01. The van der Waals surface area contributed by atoms with Crippen molar-refractivity contribution in [2.45, 2.75) is 12.5 Å². The van der Waals surface area contributed by atoms with Crippen molar-refractivity contribution in [3.63, 3.8) is 0 Å². The molecule has 1 saturated heterocycles. The second-order valence-electron chi connectivity index (χ2n) is 4.19. The number of nitrogens with zero attached hydrogens (tertiary/aromatic N) is 2. The summed E-state index contributed by atoms with van der Waals surface area (Å²) in [5.74, 6) is 0. The van der Waals surface area contributed by atoms with Crippen molar-refractivity contribution >= 4 is 17.3 Å². The second kappa shape index (κ2) is 4.73. The van der Waals surface area contributed by atoms with E-state index < -0.39 is 0 Å². The number of likely N-dealkylation sites (N-methyl/N-ethyl adjacent to an activating group) is 1. The minimum atomic E-state index is 0.429. The highest BCUT2D eigenvalue weighted by Gasteiger charge is 2.19. The molecule has 2 rings (SSSR count). The summed E-state index contributed by atoms with van der Waals surface area (Å²) in [7, 11) is 2.11. The molecular weight excluding hydrogens is 222 g/mol. The van der Waals surface area contributed by atoms with Crippen LogP contribution in [0.25, 0.3) is 0 Å². The molecule has 3 nitrogen and oxygen atoms in total. The van der Waals surface area contributed by atoms with E-state index in [1.807, 2.05) is 12.1 Å². The molecule has 0 saturated carbocycles. The maximum Gasteiger partial charge on any atom is 0.101 e. The van der Waals surface area contributed by atoms with Crippen LogP contribution in [0, 0.1) is 11.3 Å². The predicted octanol–water partition coefficient (Wildman–Crippen LogP) is 2.33. The zero-order valence-corrected chi connectivity index (χ0v) is 9.96. The van der Waals surface area contributed by atoms with E-state index in [-0.39, 0.29) is 0 Å². The molecule has 1 aliphatic heterocycles. The Bertz CT molecular complexity index is 425. The fourth-order valence-electron chi connectivity index (χ4n) is 2.01. The largest absolute Gasteiger partial charge is 0.380 e. The highest BCUT2D eigenvalue weighted by molar-refractivity contribution is 6.30. The van der Waals surface area contributed by atoms with Crippen LogP contribution >= 0.6 is 11.6 Å². The van der Waals surface area contributed by atoms with Gasteiger partial charge in [-0.3, -0.25) is 0 Å². The fourth-order valence-corrected chi connectivity index (χ4v) is 2.18. The third kappa shape index (κ3) is 2.46. The maximum absolute atomic E-state index is 9.01. The van der Waals surface area contributed by atoms with Crippen molar-refractivity contribution in [2.24, 2.45) is 0 Å². The molecule has 0 spiro atoms. The van der Waals surface area contributed by atoms with E-state index in [1.165, 1.54) is 0 Å². The third-order valence-electron chi connectivity index (χ3n) is 2.85. The van der Waals surface area contributed by atoms with Gasteiger partial charge in [0.15, 0.2) is 0 Å². The molecule has 84 valence electrons. The van der Waals surface area contributed by atoms with Crippen LogP contribution in [0.15, 0.2) is 18.2 Å². The lowest BCUT2D eigenvalue weighted by Gasteiger charge is -2.15. The number of anilines is 1. The minimum Gasteiger partial charge on any atom is -0.380 e. The predicted molar refractivity (Wildman–Crippen MR) is 65.7 cm³/mol. The molecule has 16 heavy (non-hydrogen) atoms. The standard InChI is InChI=1S/C12H14ClN3/c1-16-5-4-11(8-16)15-12-3-2-10(13)6-9(12)7-14/h2-3,6,11,15H,4-5,8H2,1H3. The van der Waals surface area contributed by atoms with Crippen molar-refractivity contribution in [1.82, 2.24) is 4.90 Å². The van der Waals surface area contributed by atoms with E-state index in [1.54, 1.807) is 6.07 Å². The van der Waals surface area contributed by atoms with E-state index >= 15 is 0 Å². The second-order valence-corrected chi connectivity index (χ2v) is 4.63. The van der Waals surface area contributed by atoms with Crippen LogP contribution in [-0.2, 0) is 0 Å². The smallest absolute Gasteiger partial charge is 0.101 e. The number of benzene rings is 1. The van der Waals surface area contributed by atoms with Gasteiger partial charge in [-0.05, 0) is 38.2 Å². The van der Waals surface area contributed by atoms with E-state index in [2.05, 4.69) is 23.3 Å². The lowest BCUT2D eigenvalue weighted by Crippen LogP contribution is -2.23. The number of halogens is 1. The Kier molecular flexibility index (Phi) is 3.33. The lowest BCUT2D eigenvalue weighted by atomic mass is 10.1. The SMILES string of the molecule is CN1CCC(Nc2ccc(Cl)cc2C#N)C1. The number of hydrogen-bond acceptors (Lipinski definition) is 3. The summed E-state index contributed by atoms with van der Waals surface area (Å²) in [5.41, 5.74) is 1.49. The van der Waals surface area contributed by atoms with Crippen LogP contribution in [0.5, 0.6) is 0 Å². The zero-order valence-electron chi connectivity index (χ0n) is 9.20. The number of likely N-dealkylation sites (tertiary alicyclic amines) is 1. The average molecular weight is 236 g/mol. The van der Waals surface area contributed by atoms with Gasteiger partial charge in [0.2, 0.25) is 0 Å². The van der Waals surface area contributed by atoms with E-state index in [0.29, 0.717) is 16.6 Å². The van der Waals surface area contributed by atoms with Gasteiger partial charge in [0.25, 0.3) is 0 Å². The van der Waals surface area contributed by atoms with Crippen LogP contribution in [0.2, 0.25) is 5.02 Å². The summed E-state index contributed by atoms with van der Waals surface area (Å²) < 4.78 is 0. The normalized spacial score (nSPS) is 20.7. The number of rotatable bonds is 2. The van der Waals surface area contributed by atoms with Crippen LogP contribution in [-0.4, -0.2) is 31.1 Å². The van der Waals surface area contributed by atoms with Gasteiger partial charge in [-0.1, -0.05) is 11.6 Å². The van der Waals surface area contributed by atoms with Crippen molar-refractivity contribution in [3.05, 3.63) is 28.8 Å².